The van der Waals surface area contributed by atoms with Crippen LogP contribution >= 0.6 is 15.9 Å². The summed E-state index contributed by atoms with van der Waals surface area (Å²) in [6.07, 6.45) is 6.06. The normalized spacial score (nSPS) is 19.8. The first-order chi connectivity index (χ1) is 9.25. The Balaban J connectivity index is 1.92. The van der Waals surface area contributed by atoms with E-state index in [1.54, 1.807) is 12.4 Å². The van der Waals surface area contributed by atoms with Crippen molar-refractivity contribution >= 4 is 15.9 Å². The summed E-state index contributed by atoms with van der Waals surface area (Å²) in [6, 6.07) is 7.85. The monoisotopic (exact) mass is 318 g/mol. The molecule has 2 aromatic rings. The second kappa shape index (κ2) is 5.39. The van der Waals surface area contributed by atoms with Crippen LogP contribution in [-0.4, -0.2) is 15.1 Å². The molecule has 2 heterocycles. The van der Waals surface area contributed by atoms with Gasteiger partial charge in [-0.15, -0.1) is 0 Å². The lowest BCUT2D eigenvalue weighted by Crippen LogP contribution is -2.19. The van der Waals surface area contributed by atoms with Crippen LogP contribution in [0.25, 0.3) is 0 Å². The Morgan fingerprint density at radius 3 is 2.95 bits per heavy atom. The molecule has 0 spiro atoms. The van der Waals surface area contributed by atoms with E-state index in [2.05, 4.69) is 32.0 Å². The van der Waals surface area contributed by atoms with Crippen LogP contribution in [0.15, 0.2) is 41.1 Å². The molecule has 19 heavy (non-hydrogen) atoms. The predicted octanol–water partition coefficient (Wildman–Crippen LogP) is 3.39. The van der Waals surface area contributed by atoms with Crippen LogP contribution in [0, 0.1) is 0 Å². The van der Waals surface area contributed by atoms with Crippen molar-refractivity contribution < 1.29 is 5.11 Å². The second-order valence-electron chi connectivity index (χ2n) is 4.89. The molecule has 0 fully saturated rings. The fourth-order valence-corrected chi connectivity index (χ4v) is 2.96. The van der Waals surface area contributed by atoms with Gasteiger partial charge in [-0.1, -0.05) is 6.07 Å². The van der Waals surface area contributed by atoms with Gasteiger partial charge in [0.15, 0.2) is 0 Å². The average molecular weight is 319 g/mol. The Hall–Kier alpha value is -1.26. The zero-order valence-corrected chi connectivity index (χ0v) is 12.0. The second-order valence-corrected chi connectivity index (χ2v) is 5.81. The molecule has 2 unspecified atom stereocenters. The Morgan fingerprint density at radius 1 is 1.26 bits per heavy atom. The largest absolute Gasteiger partial charge is 0.386 e. The number of hydrogen-bond acceptors (Lipinski definition) is 3. The fraction of sp³-hybridized carbons (Fsp3) is 0.333. The summed E-state index contributed by atoms with van der Waals surface area (Å²) in [7, 11) is 0. The molecule has 2 aromatic heterocycles. The predicted molar refractivity (Wildman–Crippen MR) is 76.8 cm³/mol. The van der Waals surface area contributed by atoms with Gasteiger partial charge in [-0.3, -0.25) is 9.97 Å². The molecule has 3 rings (SSSR count). The third kappa shape index (κ3) is 2.55. The first-order valence-electron chi connectivity index (χ1n) is 6.49. The van der Waals surface area contributed by atoms with E-state index in [4.69, 9.17) is 0 Å². The van der Waals surface area contributed by atoms with Gasteiger partial charge in [0.1, 0.15) is 6.10 Å². The molecular weight excluding hydrogens is 304 g/mol. The minimum Gasteiger partial charge on any atom is -0.386 e. The van der Waals surface area contributed by atoms with Gasteiger partial charge < -0.3 is 5.11 Å². The van der Waals surface area contributed by atoms with Gasteiger partial charge in [0.25, 0.3) is 0 Å². The molecular formula is C15H15BrN2O. The van der Waals surface area contributed by atoms with Crippen LogP contribution in [0.1, 0.15) is 41.8 Å². The molecule has 0 aliphatic heterocycles. The number of aromatic nitrogens is 2. The molecule has 2 atom stereocenters. The molecule has 3 nitrogen and oxygen atoms in total. The Morgan fingerprint density at radius 2 is 2.16 bits per heavy atom. The van der Waals surface area contributed by atoms with Crippen molar-refractivity contribution in [2.24, 2.45) is 0 Å². The maximum Gasteiger partial charge on any atom is 0.104 e. The zero-order valence-electron chi connectivity index (χ0n) is 10.5. The van der Waals surface area contributed by atoms with Gasteiger partial charge >= 0.3 is 0 Å². The summed E-state index contributed by atoms with van der Waals surface area (Å²) < 4.78 is 0.922. The van der Waals surface area contributed by atoms with Gasteiger partial charge in [0, 0.05) is 28.5 Å². The van der Waals surface area contributed by atoms with Crippen molar-refractivity contribution in [2.75, 3.05) is 0 Å². The van der Waals surface area contributed by atoms with Crippen LogP contribution in [0.4, 0.5) is 0 Å². The van der Waals surface area contributed by atoms with Crippen molar-refractivity contribution in [3.63, 3.8) is 0 Å². The lowest BCUT2D eigenvalue weighted by Gasteiger charge is -2.27. The first-order valence-corrected chi connectivity index (χ1v) is 7.28. The zero-order chi connectivity index (χ0) is 13.2. The topological polar surface area (TPSA) is 46.0 Å². The molecule has 0 amide bonds. The van der Waals surface area contributed by atoms with Gasteiger partial charge in [-0.05, 0) is 59.0 Å². The number of aliphatic hydroxyl groups is 1. The van der Waals surface area contributed by atoms with Crippen LogP contribution in [-0.2, 0) is 6.42 Å². The van der Waals surface area contributed by atoms with E-state index in [1.165, 1.54) is 5.56 Å². The average Bonchev–Trinajstić information content (AvgIpc) is 2.47. The fourth-order valence-electron chi connectivity index (χ4n) is 2.72. The molecule has 0 radical (unpaired) electrons. The molecule has 0 saturated carbocycles. The van der Waals surface area contributed by atoms with Crippen LogP contribution in [0.2, 0.25) is 0 Å². The molecule has 1 aliphatic rings. The van der Waals surface area contributed by atoms with Gasteiger partial charge in [-0.2, -0.15) is 0 Å². The van der Waals surface area contributed by atoms with Gasteiger partial charge in [0.2, 0.25) is 0 Å². The van der Waals surface area contributed by atoms with E-state index in [-0.39, 0.29) is 5.92 Å². The molecule has 4 heteroatoms. The minimum atomic E-state index is -0.581. The van der Waals surface area contributed by atoms with Crippen LogP contribution in [0.5, 0.6) is 0 Å². The van der Waals surface area contributed by atoms with Crippen molar-refractivity contribution in [1.29, 1.82) is 0 Å². The number of pyridine rings is 2. The van der Waals surface area contributed by atoms with E-state index >= 15 is 0 Å². The number of aliphatic hydroxyl groups excluding tert-OH is 1. The van der Waals surface area contributed by atoms with Crippen LogP contribution < -0.4 is 0 Å². The molecule has 0 aromatic carbocycles. The third-order valence-electron chi connectivity index (χ3n) is 3.67. The number of aryl methyl sites for hydroxylation is 1. The number of fused-ring (bicyclic) bond motifs is 1. The first kappa shape index (κ1) is 12.8. The maximum atomic E-state index is 10.6. The molecule has 98 valence electrons. The van der Waals surface area contributed by atoms with Crippen molar-refractivity contribution in [2.45, 2.75) is 31.3 Å². The quantitative estimate of drug-likeness (QED) is 0.923. The van der Waals surface area contributed by atoms with E-state index in [1.807, 2.05) is 18.2 Å². The van der Waals surface area contributed by atoms with Crippen LogP contribution in [0.3, 0.4) is 0 Å². The molecule has 1 N–H and O–H groups in total. The lowest BCUT2D eigenvalue weighted by molar-refractivity contribution is 0.129. The molecule has 0 bridgehead atoms. The van der Waals surface area contributed by atoms with Gasteiger partial charge in [-0.25, -0.2) is 0 Å². The summed E-state index contributed by atoms with van der Waals surface area (Å²) >= 11 is 3.36. The summed E-state index contributed by atoms with van der Waals surface area (Å²) in [5.41, 5.74) is 3.01. The number of hydrogen-bond donors (Lipinski definition) is 1. The SMILES string of the molecule is OC(c1ccc(Br)cn1)C1CCCc2cccnc21. The third-order valence-corrected chi connectivity index (χ3v) is 4.14. The number of halogens is 1. The Kier molecular flexibility index (Phi) is 3.62. The minimum absolute atomic E-state index is 0.0543. The van der Waals surface area contributed by atoms with Crippen molar-refractivity contribution in [3.8, 4) is 0 Å². The number of rotatable bonds is 2. The maximum absolute atomic E-state index is 10.6. The highest BCUT2D eigenvalue weighted by Crippen LogP contribution is 2.38. The summed E-state index contributed by atoms with van der Waals surface area (Å²) in [5, 5.41) is 10.6. The highest BCUT2D eigenvalue weighted by atomic mass is 79.9. The lowest BCUT2D eigenvalue weighted by atomic mass is 9.82. The highest BCUT2D eigenvalue weighted by molar-refractivity contribution is 9.10. The Labute approximate surface area is 120 Å². The smallest absolute Gasteiger partial charge is 0.104 e. The van der Waals surface area contributed by atoms with E-state index in [0.717, 1.165) is 29.4 Å². The number of nitrogens with zero attached hydrogens (tertiary/aromatic N) is 2. The van der Waals surface area contributed by atoms with Crippen molar-refractivity contribution in [1.82, 2.24) is 9.97 Å². The summed E-state index contributed by atoms with van der Waals surface area (Å²) in [4.78, 5) is 8.77. The van der Waals surface area contributed by atoms with Gasteiger partial charge in [0.05, 0.1) is 5.69 Å². The molecule has 1 aliphatic carbocycles. The van der Waals surface area contributed by atoms with E-state index in [0.29, 0.717) is 5.69 Å². The Bertz CT molecular complexity index is 571. The van der Waals surface area contributed by atoms with E-state index in [9.17, 15) is 5.11 Å². The van der Waals surface area contributed by atoms with E-state index < -0.39 is 6.10 Å². The summed E-state index contributed by atoms with van der Waals surface area (Å²) in [6.45, 7) is 0. The summed E-state index contributed by atoms with van der Waals surface area (Å²) in [5.74, 6) is 0.0543. The molecule has 0 saturated heterocycles. The van der Waals surface area contributed by atoms with Crippen molar-refractivity contribution in [3.05, 3.63) is 58.1 Å². The highest BCUT2D eigenvalue weighted by Gasteiger charge is 2.29. The standard InChI is InChI=1S/C15H15BrN2O/c16-11-6-7-13(18-9-11)15(19)12-5-1-3-10-4-2-8-17-14(10)12/h2,4,6-9,12,15,19H,1,3,5H2.